The van der Waals surface area contributed by atoms with Crippen LogP contribution in [0.5, 0.6) is 0 Å². The van der Waals surface area contributed by atoms with E-state index in [2.05, 4.69) is 63.4 Å². The monoisotopic (exact) mass is 389 g/mol. The number of hydrogen-bond acceptors (Lipinski definition) is 3. The summed E-state index contributed by atoms with van der Waals surface area (Å²) in [4.78, 5) is 14.4. The Morgan fingerprint density at radius 1 is 1.07 bits per heavy atom. The van der Waals surface area contributed by atoms with Crippen LogP contribution >= 0.6 is 0 Å². The Hall–Kier alpha value is -3.15. The minimum absolute atomic E-state index is 0.0245. The Labute approximate surface area is 171 Å². The van der Waals surface area contributed by atoms with E-state index in [4.69, 9.17) is 0 Å². The minimum atomic E-state index is 0.0245. The molecule has 6 nitrogen and oxygen atoms in total. The van der Waals surface area contributed by atoms with Gasteiger partial charge < -0.3 is 10.2 Å². The van der Waals surface area contributed by atoms with Crippen molar-refractivity contribution in [1.29, 1.82) is 0 Å². The topological polar surface area (TPSA) is 63.1 Å². The lowest BCUT2D eigenvalue weighted by Crippen LogP contribution is -2.44. The fourth-order valence-electron chi connectivity index (χ4n) is 3.80. The molecular formula is C23H27N5O. The Morgan fingerprint density at radius 2 is 1.79 bits per heavy atom. The van der Waals surface area contributed by atoms with Gasteiger partial charge in [0.25, 0.3) is 0 Å². The molecular weight excluding hydrogens is 362 g/mol. The van der Waals surface area contributed by atoms with Crippen molar-refractivity contribution in [3.63, 3.8) is 0 Å². The van der Waals surface area contributed by atoms with Crippen LogP contribution in [0.3, 0.4) is 0 Å². The van der Waals surface area contributed by atoms with Crippen LogP contribution in [0.1, 0.15) is 29.8 Å². The Bertz CT molecular complexity index is 927. The molecule has 1 aromatic heterocycles. The number of aryl methyl sites for hydroxylation is 1. The molecule has 29 heavy (non-hydrogen) atoms. The van der Waals surface area contributed by atoms with Crippen molar-refractivity contribution in [2.24, 2.45) is 5.92 Å². The van der Waals surface area contributed by atoms with Gasteiger partial charge in [-0.05, 0) is 43.4 Å². The number of carbonyl (C=O) groups excluding carboxylic acids is 1. The van der Waals surface area contributed by atoms with Crippen molar-refractivity contribution in [2.45, 2.75) is 32.7 Å². The first-order valence-electron chi connectivity index (χ1n) is 10.2. The fraction of sp³-hybridized carbons (Fsp3) is 0.348. The van der Waals surface area contributed by atoms with Crippen LogP contribution in [0.4, 0.5) is 4.79 Å². The van der Waals surface area contributed by atoms with Gasteiger partial charge in [0.1, 0.15) is 12.2 Å². The van der Waals surface area contributed by atoms with Crippen LogP contribution < -0.4 is 5.32 Å². The molecule has 0 aliphatic carbocycles. The molecule has 0 radical (unpaired) electrons. The van der Waals surface area contributed by atoms with Gasteiger partial charge in [0.05, 0.1) is 0 Å². The maximum absolute atomic E-state index is 12.5. The molecule has 0 spiro atoms. The number of hydrogen-bond donors (Lipinski definition) is 1. The van der Waals surface area contributed by atoms with Gasteiger partial charge in [-0.2, -0.15) is 0 Å². The Morgan fingerprint density at radius 3 is 2.52 bits per heavy atom. The number of nitrogens with one attached hydrogen (secondary N) is 1. The summed E-state index contributed by atoms with van der Waals surface area (Å²) in [6.07, 6.45) is 4.63. The summed E-state index contributed by atoms with van der Waals surface area (Å²) in [5, 5.41) is 11.5. The predicted molar refractivity (Wildman–Crippen MR) is 113 cm³/mol. The lowest BCUT2D eigenvalue weighted by molar-refractivity contribution is 0.169. The average Bonchev–Trinajstić information content (AvgIpc) is 3.22. The molecule has 0 atom stereocenters. The third-order valence-corrected chi connectivity index (χ3v) is 5.59. The van der Waals surface area contributed by atoms with E-state index in [9.17, 15) is 4.79 Å². The van der Waals surface area contributed by atoms with Crippen LogP contribution in [0.25, 0.3) is 5.69 Å². The Balaban J connectivity index is 1.27. The normalized spacial score (nSPS) is 14.7. The van der Waals surface area contributed by atoms with E-state index in [0.29, 0.717) is 12.5 Å². The summed E-state index contributed by atoms with van der Waals surface area (Å²) in [7, 11) is 0. The van der Waals surface area contributed by atoms with Crippen molar-refractivity contribution in [3.05, 3.63) is 77.9 Å². The lowest BCUT2D eigenvalue weighted by atomic mass is 9.93. The highest BCUT2D eigenvalue weighted by Crippen LogP contribution is 2.22. The first-order chi connectivity index (χ1) is 14.2. The van der Waals surface area contributed by atoms with Crippen LogP contribution in [0.15, 0.2) is 60.9 Å². The lowest BCUT2D eigenvalue weighted by Gasteiger charge is -2.32. The van der Waals surface area contributed by atoms with E-state index in [1.807, 2.05) is 23.1 Å². The Kier molecular flexibility index (Phi) is 5.89. The standard InChI is InChI=1S/C23H27N5O/c1-18-7-9-20(10-8-18)16-24-23(29)27-13-11-19(12-14-27)15-22-26-25-17-28(22)21-5-3-2-4-6-21/h2-10,17,19H,11-16H2,1H3,(H,24,29). The number of urea groups is 1. The number of likely N-dealkylation sites (tertiary alicyclic amines) is 1. The van der Waals surface area contributed by atoms with Crippen LogP contribution in [-0.4, -0.2) is 38.8 Å². The molecule has 1 aliphatic rings. The van der Waals surface area contributed by atoms with E-state index in [-0.39, 0.29) is 6.03 Å². The van der Waals surface area contributed by atoms with Gasteiger partial charge in [0, 0.05) is 31.7 Å². The largest absolute Gasteiger partial charge is 0.334 e. The van der Waals surface area contributed by atoms with E-state index in [1.165, 1.54) is 5.56 Å². The first-order valence-corrected chi connectivity index (χ1v) is 10.2. The van der Waals surface area contributed by atoms with Gasteiger partial charge >= 0.3 is 6.03 Å². The van der Waals surface area contributed by atoms with E-state index in [1.54, 1.807) is 6.33 Å². The van der Waals surface area contributed by atoms with Gasteiger partial charge in [0.15, 0.2) is 0 Å². The van der Waals surface area contributed by atoms with Gasteiger partial charge in [0.2, 0.25) is 0 Å². The zero-order valence-corrected chi connectivity index (χ0v) is 16.8. The maximum Gasteiger partial charge on any atom is 0.317 e. The zero-order chi connectivity index (χ0) is 20.1. The number of amides is 2. The van der Waals surface area contributed by atoms with E-state index >= 15 is 0 Å². The molecule has 0 saturated carbocycles. The van der Waals surface area contributed by atoms with E-state index < -0.39 is 0 Å². The van der Waals surface area contributed by atoms with Crippen molar-refractivity contribution in [3.8, 4) is 5.69 Å². The molecule has 6 heteroatoms. The van der Waals surface area contributed by atoms with Gasteiger partial charge in [-0.3, -0.25) is 4.57 Å². The molecule has 0 unspecified atom stereocenters. The summed E-state index contributed by atoms with van der Waals surface area (Å²) in [5.41, 5.74) is 3.43. The molecule has 1 saturated heterocycles. The summed E-state index contributed by atoms with van der Waals surface area (Å²) >= 11 is 0. The predicted octanol–water partition coefficient (Wildman–Crippen LogP) is 3.74. The molecule has 1 N–H and O–H groups in total. The third-order valence-electron chi connectivity index (χ3n) is 5.59. The molecule has 150 valence electrons. The highest BCUT2D eigenvalue weighted by Gasteiger charge is 2.24. The zero-order valence-electron chi connectivity index (χ0n) is 16.8. The fourth-order valence-corrected chi connectivity index (χ4v) is 3.80. The molecule has 1 fully saturated rings. The molecule has 2 aromatic carbocycles. The summed E-state index contributed by atoms with van der Waals surface area (Å²) < 4.78 is 2.06. The number of para-hydroxylation sites is 1. The van der Waals surface area contributed by atoms with Gasteiger partial charge in [-0.15, -0.1) is 10.2 Å². The number of aromatic nitrogens is 3. The summed E-state index contributed by atoms with van der Waals surface area (Å²) in [6.45, 7) is 4.20. The van der Waals surface area contributed by atoms with E-state index in [0.717, 1.165) is 49.4 Å². The first kappa shape index (κ1) is 19.2. The second-order valence-electron chi connectivity index (χ2n) is 7.73. The number of piperidine rings is 1. The second kappa shape index (κ2) is 8.90. The average molecular weight is 390 g/mol. The SMILES string of the molecule is Cc1ccc(CNC(=O)N2CCC(Cc3nncn3-c3ccccc3)CC2)cc1. The number of benzene rings is 2. The molecule has 2 heterocycles. The van der Waals surface area contributed by atoms with Gasteiger partial charge in [-0.1, -0.05) is 48.0 Å². The highest BCUT2D eigenvalue weighted by atomic mass is 16.2. The second-order valence-corrected chi connectivity index (χ2v) is 7.73. The van der Waals surface area contributed by atoms with Crippen molar-refractivity contribution < 1.29 is 4.79 Å². The minimum Gasteiger partial charge on any atom is -0.334 e. The summed E-state index contributed by atoms with van der Waals surface area (Å²) in [5.74, 6) is 1.50. The van der Waals surface area contributed by atoms with Crippen molar-refractivity contribution in [2.75, 3.05) is 13.1 Å². The number of carbonyl (C=O) groups is 1. The molecule has 4 rings (SSSR count). The summed E-state index contributed by atoms with van der Waals surface area (Å²) in [6, 6.07) is 18.5. The molecule has 1 aliphatic heterocycles. The van der Waals surface area contributed by atoms with Crippen molar-refractivity contribution in [1.82, 2.24) is 25.0 Å². The van der Waals surface area contributed by atoms with Gasteiger partial charge in [-0.25, -0.2) is 4.79 Å². The smallest absolute Gasteiger partial charge is 0.317 e. The third kappa shape index (κ3) is 4.83. The maximum atomic E-state index is 12.5. The molecule has 2 amide bonds. The van der Waals surface area contributed by atoms with Crippen LogP contribution in [0, 0.1) is 12.8 Å². The van der Waals surface area contributed by atoms with Crippen LogP contribution in [0.2, 0.25) is 0 Å². The highest BCUT2D eigenvalue weighted by molar-refractivity contribution is 5.74. The molecule has 0 bridgehead atoms. The molecule has 3 aromatic rings. The van der Waals surface area contributed by atoms with Crippen LogP contribution in [-0.2, 0) is 13.0 Å². The van der Waals surface area contributed by atoms with Crippen molar-refractivity contribution >= 4 is 6.03 Å². The number of rotatable bonds is 5. The number of nitrogens with zero attached hydrogens (tertiary/aromatic N) is 4. The quantitative estimate of drug-likeness (QED) is 0.723.